The maximum atomic E-state index is 11.6. The minimum Gasteiger partial charge on any atom is -0.398 e. The van der Waals surface area contributed by atoms with Crippen LogP contribution in [0.3, 0.4) is 0 Å². The number of nitrogens with two attached hydrogens (primary N) is 3. The monoisotopic (exact) mass is 460 g/mol. The minimum absolute atomic E-state index is 0.115. The van der Waals surface area contributed by atoms with Crippen LogP contribution in [0.5, 0.6) is 0 Å². The average molecular weight is 460 g/mol. The van der Waals surface area contributed by atoms with Crippen LogP contribution in [0.4, 0.5) is 30.4 Å². The van der Waals surface area contributed by atoms with E-state index in [-0.39, 0.29) is 12.5 Å². The number of aromatic nitrogens is 1. The molecule has 0 aliphatic heterocycles. The van der Waals surface area contributed by atoms with Crippen molar-refractivity contribution in [3.63, 3.8) is 0 Å². The van der Waals surface area contributed by atoms with E-state index in [0.29, 0.717) is 22.8 Å². The summed E-state index contributed by atoms with van der Waals surface area (Å²) in [5.74, 6) is 1.13. The molecule has 1 heterocycles. The van der Waals surface area contributed by atoms with Crippen LogP contribution in [0.1, 0.15) is 11.3 Å². The molecule has 0 fully saturated rings. The van der Waals surface area contributed by atoms with Crippen molar-refractivity contribution in [2.24, 2.45) is 16.5 Å². The maximum Gasteiger partial charge on any atom is 0.431 e. The Bertz CT molecular complexity index is 1080. The number of carbonyl (C=O) groups excluding carboxylic acids is 1. The SMILES string of the molecule is CNc1cccc(/C=C/C(N)=Nc2ccc(N)c(C=N)c2)n1.N=C/C(C=O)=C(\N)C(F)(F)F. The van der Waals surface area contributed by atoms with E-state index in [4.69, 9.17) is 22.3 Å². The first kappa shape index (κ1) is 26.6. The zero-order valence-corrected chi connectivity index (χ0v) is 17.5. The molecule has 0 aliphatic carbocycles. The van der Waals surface area contributed by atoms with Gasteiger partial charge in [0.25, 0.3) is 0 Å². The number of rotatable bonds is 7. The number of nitrogen functional groups attached to an aromatic ring is 1. The van der Waals surface area contributed by atoms with E-state index in [1.54, 1.807) is 30.4 Å². The zero-order chi connectivity index (χ0) is 25.0. The summed E-state index contributed by atoms with van der Waals surface area (Å²) in [6, 6.07) is 10.8. The quantitative estimate of drug-likeness (QED) is 0.121. The first-order chi connectivity index (χ1) is 15.5. The third-order valence-corrected chi connectivity index (χ3v) is 3.83. The van der Waals surface area contributed by atoms with Gasteiger partial charge >= 0.3 is 6.18 Å². The van der Waals surface area contributed by atoms with Gasteiger partial charge in [0.15, 0.2) is 6.29 Å². The van der Waals surface area contributed by atoms with Gasteiger partial charge in [-0.3, -0.25) is 4.79 Å². The van der Waals surface area contributed by atoms with E-state index < -0.39 is 17.4 Å². The number of pyridine rings is 1. The van der Waals surface area contributed by atoms with Gasteiger partial charge in [-0.15, -0.1) is 0 Å². The fourth-order valence-electron chi connectivity index (χ4n) is 2.14. The van der Waals surface area contributed by atoms with Crippen LogP contribution in [-0.2, 0) is 4.79 Å². The first-order valence-corrected chi connectivity index (χ1v) is 9.15. The number of nitrogens with one attached hydrogen (secondary N) is 3. The van der Waals surface area contributed by atoms with Crippen LogP contribution in [0.2, 0.25) is 0 Å². The van der Waals surface area contributed by atoms with Crippen molar-refractivity contribution < 1.29 is 18.0 Å². The zero-order valence-electron chi connectivity index (χ0n) is 17.5. The number of allylic oxidation sites excluding steroid dienone is 2. The van der Waals surface area contributed by atoms with Crippen LogP contribution in [0.25, 0.3) is 6.08 Å². The van der Waals surface area contributed by atoms with E-state index in [0.717, 1.165) is 11.5 Å². The molecule has 0 radical (unpaired) electrons. The molecule has 0 unspecified atom stereocenters. The lowest BCUT2D eigenvalue weighted by atomic mass is 10.2. The predicted octanol–water partition coefficient (Wildman–Crippen LogP) is 3.02. The molecule has 12 heteroatoms. The number of halogens is 3. The van der Waals surface area contributed by atoms with Crippen molar-refractivity contribution in [2.75, 3.05) is 18.1 Å². The molecule has 2 rings (SSSR count). The Morgan fingerprint density at radius 2 is 1.88 bits per heavy atom. The third-order valence-electron chi connectivity index (χ3n) is 3.83. The number of carbonyl (C=O) groups is 1. The lowest BCUT2D eigenvalue weighted by Gasteiger charge is -2.06. The first-order valence-electron chi connectivity index (χ1n) is 9.15. The molecule has 174 valence electrons. The maximum absolute atomic E-state index is 11.6. The Morgan fingerprint density at radius 3 is 2.39 bits per heavy atom. The molecule has 0 spiro atoms. The molecule has 0 aliphatic rings. The summed E-state index contributed by atoms with van der Waals surface area (Å²) < 4.78 is 34.9. The standard InChI is InChI=1S/C16H18N6.C5H5F3N2O/c1-20-16-4-2-3-12(22-16)6-8-15(19)21-13-5-7-14(18)11(9-13)10-17;6-5(7,8)4(10)3(1-9)2-11/h2-10,17H,18H2,1H3,(H2,19,21)(H,20,22);1-2,9H,10H2/b8-6+,17-10?;4-3+,9-1?. The van der Waals surface area contributed by atoms with Crippen molar-refractivity contribution in [3.8, 4) is 0 Å². The highest BCUT2D eigenvalue weighted by Gasteiger charge is 2.33. The summed E-state index contributed by atoms with van der Waals surface area (Å²) in [7, 11) is 1.81. The number of aliphatic imine (C=N–C) groups is 1. The van der Waals surface area contributed by atoms with Crippen molar-refractivity contribution in [3.05, 3.63) is 65.0 Å². The molecule has 0 amide bonds. The number of aldehydes is 1. The second kappa shape index (κ2) is 12.4. The number of hydrogen-bond donors (Lipinski definition) is 6. The van der Waals surface area contributed by atoms with Gasteiger partial charge in [0.1, 0.15) is 17.4 Å². The van der Waals surface area contributed by atoms with E-state index >= 15 is 0 Å². The third kappa shape index (κ3) is 8.65. The van der Waals surface area contributed by atoms with Crippen molar-refractivity contribution in [1.82, 2.24) is 4.98 Å². The Morgan fingerprint density at radius 1 is 1.18 bits per heavy atom. The van der Waals surface area contributed by atoms with Gasteiger partial charge in [0, 0.05) is 30.7 Å². The number of nitrogens with zero attached hydrogens (tertiary/aromatic N) is 2. The highest BCUT2D eigenvalue weighted by atomic mass is 19.4. The number of alkyl halides is 3. The largest absolute Gasteiger partial charge is 0.431 e. The molecule has 9 N–H and O–H groups in total. The van der Waals surface area contributed by atoms with Gasteiger partial charge in [-0.2, -0.15) is 13.2 Å². The molecule has 0 atom stereocenters. The normalized spacial score (nSPS) is 12.3. The Labute approximate surface area is 187 Å². The van der Waals surface area contributed by atoms with E-state index in [1.165, 1.54) is 6.21 Å². The fraction of sp³-hybridized carbons (Fsp3) is 0.0952. The lowest BCUT2D eigenvalue weighted by Crippen LogP contribution is -2.22. The highest BCUT2D eigenvalue weighted by molar-refractivity contribution is 6.01. The number of benzene rings is 1. The molecule has 0 saturated carbocycles. The van der Waals surface area contributed by atoms with Crippen LogP contribution < -0.4 is 22.5 Å². The van der Waals surface area contributed by atoms with Gasteiger partial charge in [-0.1, -0.05) is 6.07 Å². The van der Waals surface area contributed by atoms with E-state index in [2.05, 4.69) is 21.0 Å². The van der Waals surface area contributed by atoms with E-state index in [9.17, 15) is 18.0 Å². The van der Waals surface area contributed by atoms with Crippen LogP contribution >= 0.6 is 0 Å². The summed E-state index contributed by atoms with van der Waals surface area (Å²) in [5, 5.41) is 16.6. The Balaban J connectivity index is 0.000000420. The van der Waals surface area contributed by atoms with Crippen molar-refractivity contribution in [1.29, 1.82) is 10.8 Å². The fourth-order valence-corrected chi connectivity index (χ4v) is 2.14. The van der Waals surface area contributed by atoms with Crippen molar-refractivity contribution in [2.45, 2.75) is 6.18 Å². The summed E-state index contributed by atoms with van der Waals surface area (Å²) in [5.41, 5.74) is 16.3. The molecule has 0 bridgehead atoms. The lowest BCUT2D eigenvalue weighted by molar-refractivity contribution is -0.107. The van der Waals surface area contributed by atoms with Gasteiger partial charge in [0.2, 0.25) is 0 Å². The summed E-state index contributed by atoms with van der Waals surface area (Å²) in [4.78, 5) is 18.5. The molecule has 0 saturated heterocycles. The topological polar surface area (TPSA) is 180 Å². The predicted molar refractivity (Wildman–Crippen MR) is 125 cm³/mol. The summed E-state index contributed by atoms with van der Waals surface area (Å²) in [6.07, 6.45) is 0.0592. The number of anilines is 2. The average Bonchev–Trinajstić information content (AvgIpc) is 2.79. The van der Waals surface area contributed by atoms with Gasteiger partial charge in [-0.25, -0.2) is 9.98 Å². The molecule has 9 nitrogen and oxygen atoms in total. The molecule has 2 aromatic rings. The molecule has 1 aromatic heterocycles. The Hall–Kier alpha value is -4.48. The van der Waals surface area contributed by atoms with Crippen LogP contribution in [-0.4, -0.2) is 42.8 Å². The summed E-state index contributed by atoms with van der Waals surface area (Å²) in [6.45, 7) is 0. The second-order valence-corrected chi connectivity index (χ2v) is 6.15. The Kier molecular flexibility index (Phi) is 9.97. The molecule has 33 heavy (non-hydrogen) atoms. The van der Waals surface area contributed by atoms with Gasteiger partial charge < -0.3 is 33.3 Å². The van der Waals surface area contributed by atoms with Crippen molar-refractivity contribution >= 4 is 47.8 Å². The summed E-state index contributed by atoms with van der Waals surface area (Å²) >= 11 is 0. The number of hydrogen-bond acceptors (Lipinski definition) is 8. The molecule has 1 aromatic carbocycles. The minimum atomic E-state index is -4.74. The second-order valence-electron chi connectivity index (χ2n) is 6.15. The van der Waals surface area contributed by atoms with Crippen LogP contribution in [0.15, 0.2) is 58.7 Å². The van der Waals surface area contributed by atoms with Gasteiger partial charge in [-0.05, 0) is 42.5 Å². The highest BCUT2D eigenvalue weighted by Crippen LogP contribution is 2.22. The van der Waals surface area contributed by atoms with Crippen LogP contribution in [0, 0.1) is 10.8 Å². The van der Waals surface area contributed by atoms with Gasteiger partial charge in [0.05, 0.1) is 17.0 Å². The number of amidine groups is 1. The molecular formula is C21H23F3N8O. The van der Waals surface area contributed by atoms with E-state index in [1.807, 2.05) is 25.2 Å². The molecular weight excluding hydrogens is 437 g/mol. The smallest absolute Gasteiger partial charge is 0.398 e.